The molecule has 0 aliphatic heterocycles. The zero-order valence-electron chi connectivity index (χ0n) is 9.16. The van der Waals surface area contributed by atoms with Crippen molar-refractivity contribution < 1.29 is 9.15 Å². The van der Waals surface area contributed by atoms with Gasteiger partial charge in [0.15, 0.2) is 0 Å². The summed E-state index contributed by atoms with van der Waals surface area (Å²) < 4.78 is 10.6. The molecule has 1 N–H and O–H groups in total. The molecule has 0 unspecified atom stereocenters. The van der Waals surface area contributed by atoms with Crippen LogP contribution in [0.5, 0.6) is 6.08 Å². The fourth-order valence-electron chi connectivity index (χ4n) is 1.71. The lowest BCUT2D eigenvalue weighted by atomic mass is 9.83. The third-order valence-electron chi connectivity index (χ3n) is 2.86. The number of rotatable bonds is 6. The van der Waals surface area contributed by atoms with Gasteiger partial charge in [-0.05, 0) is 19.4 Å². The van der Waals surface area contributed by atoms with Crippen LogP contribution in [0.1, 0.15) is 31.4 Å². The van der Waals surface area contributed by atoms with Crippen LogP contribution in [0.25, 0.3) is 0 Å². The van der Waals surface area contributed by atoms with Crippen molar-refractivity contribution in [2.45, 2.75) is 32.2 Å². The first-order valence-corrected chi connectivity index (χ1v) is 5.60. The van der Waals surface area contributed by atoms with E-state index in [1.54, 1.807) is 6.26 Å². The van der Waals surface area contributed by atoms with Crippen LogP contribution in [-0.2, 0) is 6.54 Å². The molecule has 0 bridgehead atoms. The third kappa shape index (κ3) is 2.96. The molecule has 0 atom stereocenters. The fraction of sp³-hybridized carbons (Fsp3) is 0.727. The Bertz CT molecular complexity index is 295. The van der Waals surface area contributed by atoms with Crippen LogP contribution in [0.3, 0.4) is 0 Å². The summed E-state index contributed by atoms with van der Waals surface area (Å²) in [4.78, 5) is 4.19. The molecular formula is C11H18N2O2. The number of oxazole rings is 1. The zero-order valence-corrected chi connectivity index (χ0v) is 9.16. The Hall–Kier alpha value is -1.03. The third-order valence-corrected chi connectivity index (χ3v) is 2.86. The number of hydrogen-bond acceptors (Lipinski definition) is 4. The molecule has 1 aromatic heterocycles. The molecule has 15 heavy (non-hydrogen) atoms. The quantitative estimate of drug-likeness (QED) is 0.779. The lowest BCUT2D eigenvalue weighted by Crippen LogP contribution is -2.14. The Balaban J connectivity index is 1.67. The van der Waals surface area contributed by atoms with Crippen molar-refractivity contribution in [1.29, 1.82) is 0 Å². The Labute approximate surface area is 90.0 Å². The molecule has 1 aliphatic carbocycles. The zero-order chi connectivity index (χ0) is 10.5. The highest BCUT2D eigenvalue weighted by atomic mass is 16.6. The van der Waals surface area contributed by atoms with Crippen LogP contribution < -0.4 is 10.1 Å². The monoisotopic (exact) mass is 210 g/mol. The summed E-state index contributed by atoms with van der Waals surface area (Å²) in [6.45, 7) is 1.44. The molecule has 0 saturated heterocycles. The highest BCUT2D eigenvalue weighted by Crippen LogP contribution is 2.29. The summed E-state index contributed by atoms with van der Waals surface area (Å²) in [7, 11) is 1.88. The average molecular weight is 210 g/mol. The van der Waals surface area contributed by atoms with Crippen LogP contribution in [-0.4, -0.2) is 18.6 Å². The van der Waals surface area contributed by atoms with Gasteiger partial charge in [-0.2, -0.15) is 4.98 Å². The summed E-state index contributed by atoms with van der Waals surface area (Å²) in [6.07, 6.45) is 7.27. The first-order chi connectivity index (χ1) is 7.38. The van der Waals surface area contributed by atoms with Crippen LogP contribution in [0.15, 0.2) is 10.7 Å². The van der Waals surface area contributed by atoms with Gasteiger partial charge < -0.3 is 14.5 Å². The van der Waals surface area contributed by atoms with Gasteiger partial charge in [0.05, 0.1) is 12.3 Å². The van der Waals surface area contributed by atoms with E-state index >= 15 is 0 Å². The van der Waals surface area contributed by atoms with Gasteiger partial charge in [-0.15, -0.1) is 0 Å². The SMILES string of the molecule is CNCc1coc(OCCC2CCC2)n1. The Morgan fingerprint density at radius 1 is 1.60 bits per heavy atom. The molecule has 4 nitrogen and oxygen atoms in total. The molecule has 1 aliphatic rings. The summed E-state index contributed by atoms with van der Waals surface area (Å²) in [6, 6.07) is 0. The van der Waals surface area contributed by atoms with Gasteiger partial charge in [-0.25, -0.2) is 0 Å². The number of ether oxygens (including phenoxy) is 1. The lowest BCUT2D eigenvalue weighted by Gasteiger charge is -2.24. The summed E-state index contributed by atoms with van der Waals surface area (Å²) in [5.74, 6) is 0.872. The Morgan fingerprint density at radius 2 is 2.47 bits per heavy atom. The number of nitrogens with one attached hydrogen (secondary N) is 1. The van der Waals surface area contributed by atoms with Gasteiger partial charge in [0, 0.05) is 6.54 Å². The first kappa shape index (κ1) is 10.5. The summed E-state index contributed by atoms with van der Waals surface area (Å²) >= 11 is 0. The van der Waals surface area contributed by atoms with Gasteiger partial charge in [-0.3, -0.25) is 0 Å². The molecule has 0 radical (unpaired) electrons. The van der Waals surface area contributed by atoms with Crippen molar-refractivity contribution in [1.82, 2.24) is 10.3 Å². The number of aromatic nitrogens is 1. The topological polar surface area (TPSA) is 47.3 Å². The van der Waals surface area contributed by atoms with Crippen molar-refractivity contribution >= 4 is 0 Å². The smallest absolute Gasteiger partial charge is 0.393 e. The molecule has 0 amide bonds. The maximum Gasteiger partial charge on any atom is 0.393 e. The number of nitrogens with zero attached hydrogens (tertiary/aromatic N) is 1. The van der Waals surface area contributed by atoms with Crippen molar-refractivity contribution in [2.24, 2.45) is 5.92 Å². The van der Waals surface area contributed by atoms with E-state index in [1.807, 2.05) is 7.05 Å². The van der Waals surface area contributed by atoms with Crippen molar-refractivity contribution in [3.8, 4) is 6.08 Å². The molecule has 0 aromatic carbocycles. The van der Waals surface area contributed by atoms with Crippen molar-refractivity contribution in [2.75, 3.05) is 13.7 Å². The van der Waals surface area contributed by atoms with Gasteiger partial charge in [0.25, 0.3) is 0 Å². The van der Waals surface area contributed by atoms with E-state index in [-0.39, 0.29) is 0 Å². The minimum absolute atomic E-state index is 0.402. The van der Waals surface area contributed by atoms with Gasteiger partial charge in [-0.1, -0.05) is 19.3 Å². The first-order valence-electron chi connectivity index (χ1n) is 5.60. The van der Waals surface area contributed by atoms with Crippen LogP contribution in [0, 0.1) is 5.92 Å². The van der Waals surface area contributed by atoms with E-state index in [9.17, 15) is 0 Å². The molecule has 1 heterocycles. The van der Waals surface area contributed by atoms with Crippen molar-refractivity contribution in [3.63, 3.8) is 0 Å². The van der Waals surface area contributed by atoms with E-state index in [1.165, 1.54) is 19.3 Å². The van der Waals surface area contributed by atoms with Crippen LogP contribution >= 0.6 is 0 Å². The maximum atomic E-state index is 5.43. The lowest BCUT2D eigenvalue weighted by molar-refractivity contribution is 0.183. The second kappa shape index (κ2) is 5.16. The normalized spacial score (nSPS) is 16.3. The van der Waals surface area contributed by atoms with Crippen molar-refractivity contribution in [3.05, 3.63) is 12.0 Å². The molecule has 1 aromatic rings. The molecule has 1 saturated carbocycles. The standard InChI is InChI=1S/C11H18N2O2/c1-12-7-10-8-15-11(13-10)14-6-5-9-3-2-4-9/h8-9,12H,2-7H2,1H3. The molecule has 4 heteroatoms. The predicted molar refractivity (Wildman–Crippen MR) is 56.7 cm³/mol. The predicted octanol–water partition coefficient (Wildman–Crippen LogP) is 1.96. The van der Waals surface area contributed by atoms with Gasteiger partial charge in [0.1, 0.15) is 6.26 Å². The van der Waals surface area contributed by atoms with E-state index in [0.717, 1.165) is 31.2 Å². The van der Waals surface area contributed by atoms with E-state index in [0.29, 0.717) is 6.08 Å². The van der Waals surface area contributed by atoms with Crippen LogP contribution in [0.2, 0.25) is 0 Å². The number of hydrogen-bond donors (Lipinski definition) is 1. The van der Waals surface area contributed by atoms with E-state index in [2.05, 4.69) is 10.3 Å². The maximum absolute atomic E-state index is 5.43. The highest BCUT2D eigenvalue weighted by molar-refractivity contribution is 4.99. The van der Waals surface area contributed by atoms with E-state index < -0.39 is 0 Å². The average Bonchev–Trinajstić information content (AvgIpc) is 2.58. The second-order valence-corrected chi connectivity index (χ2v) is 4.07. The largest absolute Gasteiger partial charge is 0.450 e. The van der Waals surface area contributed by atoms with E-state index in [4.69, 9.17) is 9.15 Å². The summed E-state index contributed by atoms with van der Waals surface area (Å²) in [5.41, 5.74) is 0.885. The Morgan fingerprint density at radius 3 is 3.13 bits per heavy atom. The fourth-order valence-corrected chi connectivity index (χ4v) is 1.71. The molecular weight excluding hydrogens is 192 g/mol. The minimum atomic E-state index is 0.402. The molecule has 2 rings (SSSR count). The Kier molecular flexibility index (Phi) is 3.61. The molecule has 84 valence electrons. The van der Waals surface area contributed by atoms with Crippen LogP contribution in [0.4, 0.5) is 0 Å². The minimum Gasteiger partial charge on any atom is -0.450 e. The molecule has 1 fully saturated rings. The molecule has 0 spiro atoms. The summed E-state index contributed by atoms with van der Waals surface area (Å²) in [5, 5.41) is 3.01. The van der Waals surface area contributed by atoms with Gasteiger partial charge >= 0.3 is 6.08 Å². The highest BCUT2D eigenvalue weighted by Gasteiger charge is 2.17. The van der Waals surface area contributed by atoms with Gasteiger partial charge in [0.2, 0.25) is 0 Å². The second-order valence-electron chi connectivity index (χ2n) is 4.07.